The lowest BCUT2D eigenvalue weighted by Gasteiger charge is -2.42. The maximum absolute atomic E-state index is 12.7. The number of carbonyl (C=O) groups is 3. The van der Waals surface area contributed by atoms with Gasteiger partial charge in [0.2, 0.25) is 0 Å². The van der Waals surface area contributed by atoms with Crippen LogP contribution < -0.4 is 4.74 Å². The van der Waals surface area contributed by atoms with E-state index in [-0.39, 0.29) is 17.3 Å². The molecule has 0 aliphatic carbocycles. The molecular weight excluding hydrogens is 356 g/mol. The van der Waals surface area contributed by atoms with Crippen LogP contribution in [0.15, 0.2) is 35.5 Å². The van der Waals surface area contributed by atoms with Gasteiger partial charge in [-0.2, -0.15) is 0 Å². The number of rotatable bonds is 2. The van der Waals surface area contributed by atoms with Gasteiger partial charge in [0.05, 0.1) is 16.5 Å². The minimum atomic E-state index is -0.958. The molecule has 1 aromatic carbocycles. The molecule has 0 fully saturated rings. The third-order valence-electron chi connectivity index (χ3n) is 4.72. The lowest BCUT2D eigenvalue weighted by atomic mass is 9.95. The van der Waals surface area contributed by atoms with Crippen LogP contribution in [0.1, 0.15) is 13.3 Å². The summed E-state index contributed by atoms with van der Waals surface area (Å²) in [5.74, 6) is -0.184. The largest absolute Gasteiger partial charge is 0.424 e. The molecular formula is C17H18N4O6. The van der Waals surface area contributed by atoms with Crippen molar-refractivity contribution >= 4 is 23.7 Å². The van der Waals surface area contributed by atoms with Gasteiger partial charge in [0.1, 0.15) is 5.75 Å². The van der Waals surface area contributed by atoms with Crippen LogP contribution in [-0.2, 0) is 4.79 Å². The quantitative estimate of drug-likeness (QED) is 0.578. The van der Waals surface area contributed by atoms with Gasteiger partial charge in [0.15, 0.2) is 0 Å². The molecule has 0 bridgehead atoms. The number of carbonyl (C=O) groups excluding carboxylic acids is 3. The molecule has 27 heavy (non-hydrogen) atoms. The van der Waals surface area contributed by atoms with E-state index in [9.17, 15) is 24.5 Å². The Kier molecular flexibility index (Phi) is 4.56. The molecule has 2 heterocycles. The van der Waals surface area contributed by atoms with E-state index in [0.717, 1.165) is 4.90 Å². The van der Waals surface area contributed by atoms with Crippen molar-refractivity contribution in [2.24, 2.45) is 0 Å². The number of hydrogen-bond donors (Lipinski definition) is 0. The molecule has 0 aromatic heterocycles. The highest BCUT2D eigenvalue weighted by Gasteiger charge is 2.44. The normalized spacial score (nSPS) is 20.0. The van der Waals surface area contributed by atoms with Crippen molar-refractivity contribution in [3.8, 4) is 5.75 Å². The van der Waals surface area contributed by atoms with Crippen molar-refractivity contribution in [3.63, 3.8) is 0 Å². The predicted octanol–water partition coefficient (Wildman–Crippen LogP) is 1.97. The number of nitro benzene ring substituents is 1. The third kappa shape index (κ3) is 3.09. The first-order valence-corrected chi connectivity index (χ1v) is 8.24. The number of urea groups is 1. The van der Waals surface area contributed by atoms with Gasteiger partial charge < -0.3 is 14.5 Å². The summed E-state index contributed by atoms with van der Waals surface area (Å²) in [5, 5.41) is 10.7. The molecule has 1 atom stereocenters. The number of amides is 4. The predicted molar refractivity (Wildman–Crippen MR) is 92.9 cm³/mol. The average molecular weight is 374 g/mol. The molecule has 0 N–H and O–H groups in total. The van der Waals surface area contributed by atoms with Gasteiger partial charge in [0.25, 0.3) is 11.6 Å². The molecule has 10 heteroatoms. The monoisotopic (exact) mass is 374 g/mol. The van der Waals surface area contributed by atoms with E-state index in [1.54, 1.807) is 18.9 Å². The van der Waals surface area contributed by atoms with Gasteiger partial charge in [0, 0.05) is 44.9 Å². The summed E-state index contributed by atoms with van der Waals surface area (Å²) < 4.78 is 5.19. The fraction of sp³-hybridized carbons (Fsp3) is 0.353. The molecule has 4 amide bonds. The van der Waals surface area contributed by atoms with Gasteiger partial charge in [-0.05, 0) is 19.1 Å². The smallest absolute Gasteiger partial charge is 0.410 e. The molecule has 0 radical (unpaired) electrons. The number of ether oxygens (including phenoxy) is 1. The SMILES string of the molecule is CC1C2=C(CCN(C)C2=O)N(C)C(=O)N1C(=O)Oc1ccc([N+](=O)[O-])cc1. The van der Waals surface area contributed by atoms with E-state index in [2.05, 4.69) is 0 Å². The second-order valence-corrected chi connectivity index (χ2v) is 6.34. The van der Waals surface area contributed by atoms with E-state index >= 15 is 0 Å². The van der Waals surface area contributed by atoms with Crippen molar-refractivity contribution < 1.29 is 24.0 Å². The van der Waals surface area contributed by atoms with Crippen molar-refractivity contribution in [1.29, 1.82) is 0 Å². The van der Waals surface area contributed by atoms with Crippen molar-refractivity contribution in [3.05, 3.63) is 45.6 Å². The Morgan fingerprint density at radius 3 is 2.44 bits per heavy atom. The van der Waals surface area contributed by atoms with Gasteiger partial charge in [-0.15, -0.1) is 0 Å². The zero-order valence-corrected chi connectivity index (χ0v) is 15.0. The van der Waals surface area contributed by atoms with E-state index in [4.69, 9.17) is 4.74 Å². The Bertz CT molecular complexity index is 863. The highest BCUT2D eigenvalue weighted by molar-refractivity contribution is 6.02. The molecule has 1 unspecified atom stereocenters. The summed E-state index contributed by atoms with van der Waals surface area (Å²) in [6.07, 6.45) is -0.434. The van der Waals surface area contributed by atoms with Crippen molar-refractivity contribution in [2.45, 2.75) is 19.4 Å². The second kappa shape index (κ2) is 6.71. The minimum absolute atomic E-state index is 0.0557. The molecule has 0 saturated heterocycles. The van der Waals surface area contributed by atoms with Crippen LogP contribution in [-0.4, -0.2) is 64.3 Å². The summed E-state index contributed by atoms with van der Waals surface area (Å²) in [6.45, 7) is 2.09. The fourth-order valence-corrected chi connectivity index (χ4v) is 3.20. The minimum Gasteiger partial charge on any atom is -0.410 e. The number of nitro groups is 1. The maximum Gasteiger partial charge on any atom is 0.424 e. The zero-order valence-electron chi connectivity index (χ0n) is 15.0. The molecule has 2 aliphatic rings. The standard InChI is InChI=1S/C17H18N4O6/c1-10-14-13(8-9-18(2)15(14)22)19(3)16(23)20(10)17(24)27-12-6-4-11(5-7-12)21(25)26/h4-7,10H,8-9H2,1-3H3. The first-order chi connectivity index (χ1) is 12.7. The van der Waals surface area contributed by atoms with E-state index < -0.39 is 23.1 Å². The number of imide groups is 1. The van der Waals surface area contributed by atoms with Gasteiger partial charge in [-0.3, -0.25) is 14.9 Å². The second-order valence-electron chi connectivity index (χ2n) is 6.34. The van der Waals surface area contributed by atoms with Crippen molar-refractivity contribution in [2.75, 3.05) is 20.6 Å². The summed E-state index contributed by atoms with van der Waals surface area (Å²) in [5.41, 5.74) is 0.837. The summed E-state index contributed by atoms with van der Waals surface area (Å²) >= 11 is 0. The molecule has 2 aliphatic heterocycles. The zero-order chi connectivity index (χ0) is 19.9. The Hall–Kier alpha value is -3.43. The molecule has 1 aromatic rings. The Balaban J connectivity index is 1.86. The van der Waals surface area contributed by atoms with Crippen LogP contribution in [0, 0.1) is 10.1 Å². The van der Waals surface area contributed by atoms with Gasteiger partial charge in [-0.1, -0.05) is 0 Å². The molecule has 0 saturated carbocycles. The first kappa shape index (κ1) is 18.4. The van der Waals surface area contributed by atoms with Crippen LogP contribution >= 0.6 is 0 Å². The third-order valence-corrected chi connectivity index (χ3v) is 4.72. The molecule has 0 spiro atoms. The molecule has 142 valence electrons. The van der Waals surface area contributed by atoms with Crippen LogP contribution in [0.4, 0.5) is 15.3 Å². The number of benzene rings is 1. The summed E-state index contributed by atoms with van der Waals surface area (Å²) in [7, 11) is 3.17. The van der Waals surface area contributed by atoms with E-state index in [1.165, 1.54) is 36.2 Å². The van der Waals surface area contributed by atoms with Gasteiger partial charge in [-0.25, -0.2) is 14.5 Å². The van der Waals surface area contributed by atoms with Crippen LogP contribution in [0.2, 0.25) is 0 Å². The fourth-order valence-electron chi connectivity index (χ4n) is 3.20. The van der Waals surface area contributed by atoms with Gasteiger partial charge >= 0.3 is 12.1 Å². The average Bonchev–Trinajstić information content (AvgIpc) is 2.62. The number of nitrogens with zero attached hydrogens (tertiary/aromatic N) is 4. The van der Waals surface area contributed by atoms with E-state index in [1.807, 2.05) is 0 Å². The lowest BCUT2D eigenvalue weighted by Crippen LogP contribution is -2.58. The Morgan fingerprint density at radius 1 is 1.22 bits per heavy atom. The van der Waals surface area contributed by atoms with Crippen LogP contribution in [0.3, 0.4) is 0 Å². The Labute approximate surface area is 154 Å². The Morgan fingerprint density at radius 2 is 1.85 bits per heavy atom. The highest BCUT2D eigenvalue weighted by atomic mass is 16.6. The highest BCUT2D eigenvalue weighted by Crippen LogP contribution is 2.32. The van der Waals surface area contributed by atoms with Crippen LogP contribution in [0.25, 0.3) is 0 Å². The number of non-ortho nitro benzene ring substituents is 1. The topological polar surface area (TPSA) is 113 Å². The lowest BCUT2D eigenvalue weighted by molar-refractivity contribution is -0.384. The van der Waals surface area contributed by atoms with E-state index in [0.29, 0.717) is 24.2 Å². The first-order valence-electron chi connectivity index (χ1n) is 8.24. The maximum atomic E-state index is 12.7. The molecule has 3 rings (SSSR count). The summed E-state index contributed by atoms with van der Waals surface area (Å²) in [4.78, 5) is 51.6. The van der Waals surface area contributed by atoms with Crippen LogP contribution in [0.5, 0.6) is 5.75 Å². The summed E-state index contributed by atoms with van der Waals surface area (Å²) in [6, 6.07) is 3.54. The number of likely N-dealkylation sites (N-methyl/N-ethyl adjacent to an activating group) is 1. The van der Waals surface area contributed by atoms with Crippen molar-refractivity contribution in [1.82, 2.24) is 14.7 Å². The molecule has 10 nitrogen and oxygen atoms in total. The number of hydrogen-bond acceptors (Lipinski definition) is 6.